The van der Waals surface area contributed by atoms with Crippen LogP contribution in [-0.2, 0) is 23.3 Å². The SMILES string of the molecule is CCCCC1=[C-]CC([Si](C)(C)C)=C1.CCCCC1=[C-]CC([Si](C)(C)C)=C1.C[Si](C)=[Zr+2].[Cl-].[Cl-]. The molecule has 0 heterocycles. The van der Waals surface area contributed by atoms with E-state index in [1.807, 2.05) is 0 Å². The van der Waals surface area contributed by atoms with Crippen molar-refractivity contribution in [3.8, 4) is 0 Å². The van der Waals surface area contributed by atoms with Crippen molar-refractivity contribution in [3.63, 3.8) is 0 Å². The van der Waals surface area contributed by atoms with Gasteiger partial charge in [-0.15, -0.1) is 12.8 Å². The summed E-state index contributed by atoms with van der Waals surface area (Å²) in [7, 11) is -2.05. The minimum absolute atomic E-state index is 0. The molecule has 6 heteroatoms. The Morgan fingerprint density at radius 1 is 0.750 bits per heavy atom. The molecule has 0 radical (unpaired) electrons. The van der Waals surface area contributed by atoms with Gasteiger partial charge in [-0.25, -0.2) is 23.3 Å². The first-order valence-corrected chi connectivity index (χ1v) is 25.1. The molecule has 0 fully saturated rings. The quantitative estimate of drug-likeness (QED) is 0.295. The number of unbranched alkanes of at least 4 members (excludes halogenated alkanes) is 2. The number of hydrogen-bond acceptors (Lipinski definition) is 0. The van der Waals surface area contributed by atoms with E-state index in [0.717, 1.165) is 12.8 Å². The molecule has 0 spiro atoms. The van der Waals surface area contributed by atoms with Crippen molar-refractivity contribution >= 4 is 21.6 Å². The topological polar surface area (TPSA) is 0 Å². The van der Waals surface area contributed by atoms with Gasteiger partial charge in [0, 0.05) is 0 Å². The van der Waals surface area contributed by atoms with E-state index in [0.29, 0.717) is 0 Å². The third-order valence-corrected chi connectivity index (χ3v) is 9.73. The monoisotopic (exact) mass is 604 g/mol. The first kappa shape index (κ1) is 37.6. The standard InChI is InChI=1S/2C12H21Si.C2H6Si.2ClH.Zr/c2*1-5-6-7-11-8-9-12(10-11)13(2,3)4;1-3-2;;;/h2*10H,5-7,9H2,1-4H3;1-2H3;2*1H;/q2*-1;;;;+2/p-2. The summed E-state index contributed by atoms with van der Waals surface area (Å²) in [5.41, 5.74) is 3.15. The van der Waals surface area contributed by atoms with Gasteiger partial charge < -0.3 is 24.8 Å². The van der Waals surface area contributed by atoms with Crippen LogP contribution in [0.3, 0.4) is 0 Å². The van der Waals surface area contributed by atoms with Crippen molar-refractivity contribution in [2.45, 2.75) is 118 Å². The van der Waals surface area contributed by atoms with E-state index in [-0.39, 0.29) is 30.2 Å². The minimum Gasteiger partial charge on any atom is -1.00 e. The Morgan fingerprint density at radius 3 is 1.22 bits per heavy atom. The molecule has 184 valence electrons. The van der Waals surface area contributed by atoms with Crippen LogP contribution in [0.2, 0.25) is 52.4 Å². The van der Waals surface area contributed by atoms with Gasteiger partial charge in [-0.2, -0.15) is 10.4 Å². The largest absolute Gasteiger partial charge is 1.00 e. The average Bonchev–Trinajstić information content (AvgIpc) is 3.27. The summed E-state index contributed by atoms with van der Waals surface area (Å²) in [5, 5.41) is 3.36. The van der Waals surface area contributed by atoms with Gasteiger partial charge in [0.2, 0.25) is 0 Å². The number of rotatable bonds is 8. The van der Waals surface area contributed by atoms with E-state index >= 15 is 0 Å². The van der Waals surface area contributed by atoms with E-state index in [9.17, 15) is 0 Å². The molecule has 0 aromatic rings. The molecule has 2 aliphatic rings. The van der Waals surface area contributed by atoms with E-state index < -0.39 is 16.1 Å². The molecule has 0 atom stereocenters. The Morgan fingerprint density at radius 2 is 1.03 bits per heavy atom. The second kappa shape index (κ2) is 19.3. The molecule has 0 aromatic heterocycles. The van der Waals surface area contributed by atoms with Crippen LogP contribution in [0.15, 0.2) is 33.7 Å². The van der Waals surface area contributed by atoms with Crippen LogP contribution in [0, 0.1) is 12.2 Å². The van der Waals surface area contributed by atoms with Gasteiger partial charge in [0.15, 0.2) is 0 Å². The Hall–Kier alpha value is 1.07. The fraction of sp³-hybridized carbons (Fsp3) is 0.692. The molecule has 0 aliphatic heterocycles. The fourth-order valence-corrected chi connectivity index (χ4v) is 5.51. The molecule has 0 saturated heterocycles. The van der Waals surface area contributed by atoms with Crippen LogP contribution in [0.5, 0.6) is 0 Å². The van der Waals surface area contributed by atoms with Crippen LogP contribution in [0.25, 0.3) is 0 Å². The van der Waals surface area contributed by atoms with Crippen LogP contribution in [0.4, 0.5) is 0 Å². The molecule has 0 amide bonds. The number of allylic oxidation sites excluding steroid dienone is 8. The van der Waals surface area contributed by atoms with Crippen LogP contribution in [-0.4, -0.2) is 21.6 Å². The first-order chi connectivity index (χ1) is 13.8. The van der Waals surface area contributed by atoms with E-state index in [2.05, 4.69) is 90.5 Å². The van der Waals surface area contributed by atoms with Gasteiger partial charge in [-0.3, -0.25) is 12.2 Å². The molecule has 0 N–H and O–H groups in total. The number of hydrogen-bond donors (Lipinski definition) is 0. The predicted molar refractivity (Wildman–Crippen MR) is 142 cm³/mol. The molecule has 0 nitrogen and oxygen atoms in total. The normalized spacial score (nSPS) is 14.9. The maximum Gasteiger partial charge on any atom is -1.00 e. The first-order valence-electron chi connectivity index (χ1n) is 11.9. The van der Waals surface area contributed by atoms with Gasteiger partial charge in [0.1, 0.15) is 0 Å². The van der Waals surface area contributed by atoms with Crippen LogP contribution >= 0.6 is 0 Å². The average molecular weight is 607 g/mol. The molecule has 32 heavy (non-hydrogen) atoms. The number of halogens is 2. The van der Waals surface area contributed by atoms with Gasteiger partial charge in [0.05, 0.1) is 16.1 Å². The summed E-state index contributed by atoms with van der Waals surface area (Å²) >= 11 is 1.74. The van der Waals surface area contributed by atoms with Gasteiger partial charge in [0.25, 0.3) is 0 Å². The van der Waals surface area contributed by atoms with Crippen molar-refractivity contribution in [1.82, 2.24) is 0 Å². The van der Waals surface area contributed by atoms with Crippen molar-refractivity contribution < 1.29 is 48.1 Å². The Balaban J connectivity index is -0.000000428. The van der Waals surface area contributed by atoms with Crippen LogP contribution < -0.4 is 24.8 Å². The maximum atomic E-state index is 3.51. The minimum atomic E-state index is -1.03. The zero-order valence-corrected chi connectivity index (χ0v) is 29.5. The third kappa shape index (κ3) is 18.4. The van der Waals surface area contributed by atoms with E-state index in [1.165, 1.54) is 49.7 Å². The summed E-state index contributed by atoms with van der Waals surface area (Å²) in [6.07, 6.45) is 21.8. The second-order valence-corrected chi connectivity index (χ2v) is 30.5. The van der Waals surface area contributed by atoms with Crippen molar-refractivity contribution in [2.75, 3.05) is 0 Å². The van der Waals surface area contributed by atoms with Crippen LogP contribution in [0.1, 0.15) is 65.2 Å². The second-order valence-electron chi connectivity index (χ2n) is 10.8. The Kier molecular flexibility index (Phi) is 22.7. The summed E-state index contributed by atoms with van der Waals surface area (Å²) in [4.78, 5) is 0. The molecule has 0 aromatic carbocycles. The van der Waals surface area contributed by atoms with Gasteiger partial charge in [-0.1, -0.05) is 91.7 Å². The van der Waals surface area contributed by atoms with Crippen molar-refractivity contribution in [2.24, 2.45) is 0 Å². The zero-order chi connectivity index (χ0) is 23.4. The summed E-state index contributed by atoms with van der Waals surface area (Å²) in [6, 6.07) is 0. The summed E-state index contributed by atoms with van der Waals surface area (Å²) < 4.78 is 0. The van der Waals surface area contributed by atoms with Crippen molar-refractivity contribution in [3.05, 3.63) is 45.8 Å². The maximum absolute atomic E-state index is 3.51. The molecule has 0 bridgehead atoms. The third-order valence-electron chi connectivity index (χ3n) is 5.23. The zero-order valence-electron chi connectivity index (χ0n) is 22.6. The molecular formula is C26H48Cl2Si3Zr-2. The van der Waals surface area contributed by atoms with Gasteiger partial charge in [-0.05, 0) is 0 Å². The Labute approximate surface area is 231 Å². The molecule has 2 rings (SSSR count). The fourth-order valence-electron chi connectivity index (χ4n) is 3.06. The molecular weight excluding hydrogens is 559 g/mol. The predicted octanol–water partition coefficient (Wildman–Crippen LogP) is 3.02. The smallest absolute Gasteiger partial charge is 1.00 e. The van der Waals surface area contributed by atoms with E-state index in [4.69, 9.17) is 0 Å². The van der Waals surface area contributed by atoms with Gasteiger partial charge >= 0.3 is 41.9 Å². The molecule has 0 unspecified atom stereocenters. The molecule has 0 saturated carbocycles. The summed E-state index contributed by atoms with van der Waals surface area (Å²) in [6.45, 7) is 23.6. The molecule has 2 aliphatic carbocycles. The Bertz CT molecular complexity index is 608. The van der Waals surface area contributed by atoms with E-state index in [1.54, 1.807) is 33.7 Å². The summed E-state index contributed by atoms with van der Waals surface area (Å²) in [5.74, 6) is 0. The van der Waals surface area contributed by atoms with Crippen molar-refractivity contribution in [1.29, 1.82) is 0 Å².